The number of aromatic nitrogens is 1. The SMILES string of the molecule is N#CC[C@H]1c2cc(O)c(N3CCCC4(CC4)C3=O)cc2CN1C(=O)c1c(Sc2c(Cl)cccc2Cl)cc(C(F)(F)Cl)[nH]c1=O. The van der Waals surface area contributed by atoms with E-state index in [0.717, 1.165) is 43.5 Å². The van der Waals surface area contributed by atoms with E-state index in [9.17, 15) is 33.5 Å². The number of aromatic amines is 1. The number of benzene rings is 2. The highest BCUT2D eigenvalue weighted by molar-refractivity contribution is 7.99. The molecule has 8 nitrogen and oxygen atoms in total. The lowest BCUT2D eigenvalue weighted by molar-refractivity contribution is -0.125. The summed E-state index contributed by atoms with van der Waals surface area (Å²) < 4.78 is 28.3. The molecular weight excluding hydrogens is 657 g/mol. The zero-order valence-corrected chi connectivity index (χ0v) is 25.9. The fraction of sp³-hybridized carbons (Fsp3) is 0.333. The highest BCUT2D eigenvalue weighted by Crippen LogP contribution is 2.54. The molecule has 1 saturated carbocycles. The first-order chi connectivity index (χ1) is 20.8. The van der Waals surface area contributed by atoms with E-state index in [1.807, 2.05) is 11.1 Å². The predicted molar refractivity (Wildman–Crippen MR) is 162 cm³/mol. The molecule has 2 aromatic carbocycles. The fourth-order valence-corrected chi connectivity index (χ4v) is 7.74. The van der Waals surface area contributed by atoms with Crippen LogP contribution in [0.5, 0.6) is 5.75 Å². The van der Waals surface area contributed by atoms with Crippen molar-refractivity contribution in [1.29, 1.82) is 5.26 Å². The number of H-pyrrole nitrogens is 1. The van der Waals surface area contributed by atoms with Crippen LogP contribution in [-0.4, -0.2) is 33.3 Å². The molecule has 0 radical (unpaired) electrons. The highest BCUT2D eigenvalue weighted by atomic mass is 35.5. The predicted octanol–water partition coefficient (Wildman–Crippen LogP) is 7.34. The van der Waals surface area contributed by atoms with Crippen LogP contribution in [0.2, 0.25) is 10.0 Å². The molecule has 3 aliphatic rings. The van der Waals surface area contributed by atoms with Crippen molar-refractivity contribution in [2.45, 2.75) is 59.9 Å². The van der Waals surface area contributed by atoms with Gasteiger partial charge >= 0.3 is 5.38 Å². The molecule has 3 heterocycles. The first-order valence-electron chi connectivity index (χ1n) is 13.7. The minimum Gasteiger partial charge on any atom is -0.506 e. The number of aromatic hydroxyl groups is 1. The second-order valence-corrected chi connectivity index (χ2v) is 13.4. The van der Waals surface area contributed by atoms with Gasteiger partial charge in [0.2, 0.25) is 5.91 Å². The number of nitrogens with one attached hydrogen (secondary N) is 1. The van der Waals surface area contributed by atoms with Gasteiger partial charge in [-0.1, -0.05) is 41.0 Å². The number of hydrogen-bond donors (Lipinski definition) is 2. The van der Waals surface area contributed by atoms with E-state index in [4.69, 9.17) is 34.8 Å². The van der Waals surface area contributed by atoms with Crippen molar-refractivity contribution < 1.29 is 23.5 Å². The number of phenols is 1. The van der Waals surface area contributed by atoms with Gasteiger partial charge in [0.1, 0.15) is 17.0 Å². The van der Waals surface area contributed by atoms with Crippen LogP contribution in [0, 0.1) is 16.7 Å². The van der Waals surface area contributed by atoms with E-state index < -0.39 is 34.1 Å². The zero-order valence-electron chi connectivity index (χ0n) is 22.8. The molecule has 2 fully saturated rings. The summed E-state index contributed by atoms with van der Waals surface area (Å²) in [6, 6.07) is 9.77. The molecule has 1 spiro atoms. The van der Waals surface area contributed by atoms with Crippen molar-refractivity contribution in [2.24, 2.45) is 5.41 Å². The Bertz CT molecular complexity index is 1800. The molecular formula is C30H23Cl3F2N4O4S. The molecule has 1 saturated heterocycles. The topological polar surface area (TPSA) is 117 Å². The van der Waals surface area contributed by atoms with Crippen molar-refractivity contribution in [1.82, 2.24) is 9.88 Å². The van der Waals surface area contributed by atoms with E-state index in [1.165, 1.54) is 23.1 Å². The third-order valence-corrected chi connectivity index (χ3v) is 10.6. The van der Waals surface area contributed by atoms with Gasteiger partial charge in [-0.2, -0.15) is 14.0 Å². The van der Waals surface area contributed by atoms with Crippen molar-refractivity contribution in [2.75, 3.05) is 11.4 Å². The quantitative estimate of drug-likeness (QED) is 0.263. The Morgan fingerprint density at radius 2 is 1.89 bits per heavy atom. The van der Waals surface area contributed by atoms with E-state index in [2.05, 4.69) is 0 Å². The minimum absolute atomic E-state index is 0.0406. The van der Waals surface area contributed by atoms with Crippen LogP contribution in [0.15, 0.2) is 51.0 Å². The van der Waals surface area contributed by atoms with Gasteiger partial charge in [0.05, 0.1) is 34.3 Å². The lowest BCUT2D eigenvalue weighted by Crippen LogP contribution is -2.42. The second kappa shape index (κ2) is 11.2. The maximum absolute atomic E-state index is 14.2. The van der Waals surface area contributed by atoms with E-state index >= 15 is 0 Å². The Labute approximate surface area is 269 Å². The molecule has 228 valence electrons. The molecule has 1 aliphatic carbocycles. The smallest absolute Gasteiger partial charge is 0.362 e. The molecule has 14 heteroatoms. The van der Waals surface area contributed by atoms with Gasteiger partial charge in [-0.05, 0) is 78.7 Å². The molecule has 44 heavy (non-hydrogen) atoms. The maximum atomic E-state index is 14.2. The Morgan fingerprint density at radius 3 is 2.52 bits per heavy atom. The summed E-state index contributed by atoms with van der Waals surface area (Å²) in [4.78, 5) is 45.6. The minimum atomic E-state index is -3.95. The van der Waals surface area contributed by atoms with Gasteiger partial charge in [0.25, 0.3) is 11.5 Å². The number of amides is 2. The number of nitrogens with zero attached hydrogens (tertiary/aromatic N) is 3. The average Bonchev–Trinajstić information content (AvgIpc) is 3.66. The molecule has 1 atom stereocenters. The van der Waals surface area contributed by atoms with E-state index in [1.54, 1.807) is 17.0 Å². The lowest BCUT2D eigenvalue weighted by Gasteiger charge is -2.33. The number of nitriles is 1. The number of pyridine rings is 1. The van der Waals surface area contributed by atoms with Crippen LogP contribution in [0.1, 0.15) is 65.3 Å². The Balaban J connectivity index is 1.41. The first-order valence-corrected chi connectivity index (χ1v) is 15.6. The Morgan fingerprint density at radius 1 is 1.18 bits per heavy atom. The molecule has 0 bridgehead atoms. The monoisotopic (exact) mass is 678 g/mol. The van der Waals surface area contributed by atoms with Crippen molar-refractivity contribution in [3.05, 3.63) is 79.2 Å². The van der Waals surface area contributed by atoms with Crippen molar-refractivity contribution in [3.63, 3.8) is 0 Å². The molecule has 1 aromatic heterocycles. The third kappa shape index (κ3) is 5.32. The van der Waals surface area contributed by atoms with Crippen LogP contribution < -0.4 is 10.5 Å². The number of phenolic OH excluding ortho intramolecular Hbond substituents is 1. The maximum Gasteiger partial charge on any atom is 0.362 e. The van der Waals surface area contributed by atoms with Crippen molar-refractivity contribution >= 4 is 64.1 Å². The number of rotatable bonds is 6. The lowest BCUT2D eigenvalue weighted by atomic mass is 9.92. The standard InChI is InChI=1S/C30H23Cl3F2N4O4S/c31-17-3-1-4-18(32)25(17)44-22-13-23(30(33,34)35)37-26(41)24(22)27(42)39-14-15-11-20(21(40)12-16(15)19(39)5-9-36)38-10-2-6-29(7-8-29)28(38)43/h1,3-4,11-13,19,40H,2,5-8,10,14H2,(H,37,41)/t19-/m0/s1. The summed E-state index contributed by atoms with van der Waals surface area (Å²) in [7, 11) is 0. The van der Waals surface area contributed by atoms with Crippen LogP contribution in [-0.2, 0) is 16.7 Å². The van der Waals surface area contributed by atoms with Gasteiger partial charge in [-0.25, -0.2) is 0 Å². The molecule has 0 unspecified atom stereocenters. The van der Waals surface area contributed by atoms with Gasteiger partial charge in [-0.3, -0.25) is 14.4 Å². The number of carbonyl (C=O) groups excluding carboxylic acids is 2. The molecule has 2 aliphatic heterocycles. The normalized spacial score (nSPS) is 18.8. The van der Waals surface area contributed by atoms with Crippen LogP contribution >= 0.6 is 46.6 Å². The Hall–Kier alpha value is -3.30. The summed E-state index contributed by atoms with van der Waals surface area (Å²) in [6.45, 7) is 0.375. The molecule has 2 N–H and O–H groups in total. The summed E-state index contributed by atoms with van der Waals surface area (Å²) in [5.74, 6) is -1.05. The van der Waals surface area contributed by atoms with Gasteiger partial charge in [0.15, 0.2) is 0 Å². The van der Waals surface area contributed by atoms with Crippen LogP contribution in [0.25, 0.3) is 0 Å². The number of alkyl halides is 3. The largest absolute Gasteiger partial charge is 0.506 e. The molecule has 2 amide bonds. The number of fused-ring (bicyclic) bond motifs is 1. The first kappa shape index (κ1) is 30.7. The fourth-order valence-electron chi connectivity index (χ4n) is 6.00. The van der Waals surface area contributed by atoms with Crippen LogP contribution in [0.4, 0.5) is 14.5 Å². The van der Waals surface area contributed by atoms with Crippen LogP contribution in [0.3, 0.4) is 0 Å². The Kier molecular flexibility index (Phi) is 7.85. The molecule has 6 rings (SSSR count). The summed E-state index contributed by atoms with van der Waals surface area (Å²) >= 11 is 18.6. The summed E-state index contributed by atoms with van der Waals surface area (Å²) in [5, 5.41) is 17.0. The van der Waals surface area contributed by atoms with Crippen molar-refractivity contribution in [3.8, 4) is 11.8 Å². The summed E-state index contributed by atoms with van der Waals surface area (Å²) in [5.41, 5.74) is -1.52. The zero-order chi connectivity index (χ0) is 31.6. The molecule has 3 aromatic rings. The van der Waals surface area contributed by atoms with E-state index in [-0.39, 0.29) is 49.9 Å². The van der Waals surface area contributed by atoms with Gasteiger partial charge in [0, 0.05) is 28.3 Å². The van der Waals surface area contributed by atoms with E-state index in [0.29, 0.717) is 23.4 Å². The number of anilines is 1. The number of piperidine rings is 1. The second-order valence-electron chi connectivity index (χ2n) is 11.1. The van der Waals surface area contributed by atoms with Gasteiger partial charge < -0.3 is 19.9 Å². The highest BCUT2D eigenvalue weighted by Gasteiger charge is 2.53. The van der Waals surface area contributed by atoms with Gasteiger partial charge in [-0.15, -0.1) is 0 Å². The average molecular weight is 680 g/mol. The number of carbonyl (C=O) groups is 2. The number of halogens is 5. The third-order valence-electron chi connectivity index (χ3n) is 8.39. The number of hydrogen-bond acceptors (Lipinski definition) is 6. The summed E-state index contributed by atoms with van der Waals surface area (Å²) in [6.07, 6.45) is 3.04.